The van der Waals surface area contributed by atoms with E-state index in [-0.39, 0.29) is 49.0 Å². The molecule has 0 radical (unpaired) electrons. The van der Waals surface area contributed by atoms with E-state index in [2.05, 4.69) is 27.7 Å². The van der Waals surface area contributed by atoms with Gasteiger partial charge in [-0.1, -0.05) is 12.1 Å². The zero-order valence-electron chi connectivity index (χ0n) is 18.2. The number of hydrogen-bond acceptors (Lipinski definition) is 5. The first-order valence-electron chi connectivity index (χ1n) is 11.3. The number of imide groups is 1. The molecule has 4 aliphatic rings. The van der Waals surface area contributed by atoms with Crippen molar-refractivity contribution in [3.05, 3.63) is 34.9 Å². The van der Waals surface area contributed by atoms with Gasteiger partial charge in [0.05, 0.1) is 0 Å². The maximum atomic E-state index is 12.9. The maximum Gasteiger partial charge on any atom is 0.255 e. The normalized spacial score (nSPS) is 25.1. The molecule has 176 valence electrons. The van der Waals surface area contributed by atoms with E-state index in [1.807, 2.05) is 6.07 Å². The van der Waals surface area contributed by atoms with Gasteiger partial charge in [-0.25, -0.2) is 0 Å². The van der Waals surface area contributed by atoms with E-state index >= 15 is 0 Å². The molecular weight excluding hydrogens is 451 g/mol. The average molecular weight is 483 g/mol. The largest absolute Gasteiger partial charge is 0.322 e. The molecular formula is C23H32Cl2N4O3. The van der Waals surface area contributed by atoms with Crippen LogP contribution in [0.2, 0.25) is 0 Å². The highest BCUT2D eigenvalue weighted by Crippen LogP contribution is 2.34. The zero-order chi connectivity index (χ0) is 20.7. The van der Waals surface area contributed by atoms with E-state index in [1.54, 1.807) is 4.90 Å². The van der Waals surface area contributed by atoms with Crippen LogP contribution in [0.5, 0.6) is 0 Å². The third kappa shape index (κ3) is 4.81. The number of rotatable bonds is 3. The van der Waals surface area contributed by atoms with Crippen LogP contribution in [-0.2, 0) is 16.1 Å². The molecule has 3 fully saturated rings. The number of hydrogen-bond donors (Lipinski definition) is 2. The number of carbonyl (C=O) groups excluding carboxylic acids is 3. The highest BCUT2D eigenvalue weighted by molar-refractivity contribution is 6.05. The predicted octanol–water partition coefficient (Wildman–Crippen LogP) is 2.22. The molecule has 2 N–H and O–H groups in total. The number of nitrogens with zero attached hydrogens (tertiary/aromatic N) is 2. The predicted molar refractivity (Wildman–Crippen MR) is 126 cm³/mol. The number of halogens is 2. The summed E-state index contributed by atoms with van der Waals surface area (Å²) in [6, 6.07) is 6.42. The Balaban J connectivity index is 0.00000144. The van der Waals surface area contributed by atoms with Crippen molar-refractivity contribution < 1.29 is 14.4 Å². The van der Waals surface area contributed by atoms with E-state index in [1.165, 1.54) is 18.4 Å². The monoisotopic (exact) mass is 482 g/mol. The first kappa shape index (κ1) is 25.0. The second kappa shape index (κ2) is 10.5. The first-order valence-corrected chi connectivity index (χ1v) is 11.3. The minimum absolute atomic E-state index is 0. The summed E-state index contributed by atoms with van der Waals surface area (Å²) in [5, 5.41) is 5.82. The van der Waals surface area contributed by atoms with E-state index in [0.717, 1.165) is 50.6 Å². The van der Waals surface area contributed by atoms with Crippen molar-refractivity contribution in [3.8, 4) is 0 Å². The number of piperidine rings is 3. The number of likely N-dealkylation sites (tertiary alicyclic amines) is 1. The average Bonchev–Trinajstić information content (AvgIpc) is 3.10. The third-order valence-corrected chi connectivity index (χ3v) is 7.37. The zero-order valence-corrected chi connectivity index (χ0v) is 19.8. The van der Waals surface area contributed by atoms with Crippen LogP contribution in [0.4, 0.5) is 0 Å². The molecule has 0 aromatic heterocycles. The Morgan fingerprint density at radius 3 is 2.31 bits per heavy atom. The second-order valence-corrected chi connectivity index (χ2v) is 9.11. The molecule has 0 spiro atoms. The Morgan fingerprint density at radius 2 is 1.62 bits per heavy atom. The van der Waals surface area contributed by atoms with Crippen molar-refractivity contribution in [2.75, 3.05) is 26.2 Å². The van der Waals surface area contributed by atoms with Crippen molar-refractivity contribution in [1.82, 2.24) is 20.4 Å². The molecule has 1 atom stereocenters. The van der Waals surface area contributed by atoms with Gasteiger partial charge in [-0.15, -0.1) is 24.8 Å². The Bertz CT molecular complexity index is 867. The number of nitrogens with one attached hydrogen (secondary N) is 2. The fraction of sp³-hybridized carbons (Fsp3) is 0.609. The minimum atomic E-state index is -0.542. The van der Waals surface area contributed by atoms with Crippen molar-refractivity contribution in [3.63, 3.8) is 0 Å². The van der Waals surface area contributed by atoms with Crippen molar-refractivity contribution in [2.45, 2.75) is 63.1 Å². The topological polar surface area (TPSA) is 81.8 Å². The van der Waals surface area contributed by atoms with Crippen LogP contribution in [0.1, 0.15) is 65.9 Å². The molecule has 4 heterocycles. The lowest BCUT2D eigenvalue weighted by Crippen LogP contribution is -2.52. The summed E-state index contributed by atoms with van der Waals surface area (Å²) in [7, 11) is 0. The molecule has 7 nitrogen and oxygen atoms in total. The Kier molecular flexibility index (Phi) is 8.20. The van der Waals surface area contributed by atoms with Crippen LogP contribution in [0.3, 0.4) is 0 Å². The van der Waals surface area contributed by atoms with Gasteiger partial charge in [0.25, 0.3) is 5.91 Å². The number of benzene rings is 1. The van der Waals surface area contributed by atoms with Crippen LogP contribution < -0.4 is 10.6 Å². The van der Waals surface area contributed by atoms with Gasteiger partial charge in [0.2, 0.25) is 11.8 Å². The van der Waals surface area contributed by atoms with Gasteiger partial charge < -0.3 is 15.1 Å². The van der Waals surface area contributed by atoms with E-state index in [0.29, 0.717) is 24.4 Å². The van der Waals surface area contributed by atoms with Crippen molar-refractivity contribution in [1.29, 1.82) is 0 Å². The van der Waals surface area contributed by atoms with Gasteiger partial charge in [-0.3, -0.25) is 19.7 Å². The molecule has 9 heteroatoms. The van der Waals surface area contributed by atoms with E-state index < -0.39 is 6.04 Å². The fourth-order valence-corrected chi connectivity index (χ4v) is 5.62. The highest BCUT2D eigenvalue weighted by Gasteiger charge is 2.39. The molecule has 1 aromatic carbocycles. The van der Waals surface area contributed by atoms with Gasteiger partial charge in [0.1, 0.15) is 6.04 Å². The van der Waals surface area contributed by atoms with Gasteiger partial charge in [-0.05, 0) is 81.4 Å². The number of fused-ring (bicyclic) bond motifs is 1. The lowest BCUT2D eigenvalue weighted by molar-refractivity contribution is -0.136. The molecule has 32 heavy (non-hydrogen) atoms. The van der Waals surface area contributed by atoms with Crippen LogP contribution in [0, 0.1) is 0 Å². The molecule has 1 aromatic rings. The highest BCUT2D eigenvalue weighted by atomic mass is 35.5. The van der Waals surface area contributed by atoms with Crippen LogP contribution in [0.25, 0.3) is 0 Å². The number of amides is 3. The van der Waals surface area contributed by atoms with Crippen molar-refractivity contribution >= 4 is 42.5 Å². The minimum Gasteiger partial charge on any atom is -0.322 e. The Labute approximate surface area is 201 Å². The third-order valence-electron chi connectivity index (χ3n) is 7.37. The molecule has 1 unspecified atom stereocenters. The summed E-state index contributed by atoms with van der Waals surface area (Å²) in [5.74, 6) is -0.156. The number of carbonyl (C=O) groups is 3. The molecule has 0 bridgehead atoms. The fourth-order valence-electron chi connectivity index (χ4n) is 5.62. The van der Waals surface area contributed by atoms with Crippen LogP contribution in [-0.4, -0.2) is 65.8 Å². The summed E-state index contributed by atoms with van der Waals surface area (Å²) >= 11 is 0. The first-order chi connectivity index (χ1) is 14.6. The molecule has 3 saturated heterocycles. The quantitative estimate of drug-likeness (QED) is 0.645. The van der Waals surface area contributed by atoms with Gasteiger partial charge in [0, 0.05) is 24.6 Å². The summed E-state index contributed by atoms with van der Waals surface area (Å²) in [6.07, 6.45) is 5.52. The molecule has 3 amide bonds. The lowest BCUT2D eigenvalue weighted by atomic mass is 9.87. The van der Waals surface area contributed by atoms with E-state index in [4.69, 9.17) is 0 Å². The van der Waals surface area contributed by atoms with E-state index in [9.17, 15) is 14.4 Å². The summed E-state index contributed by atoms with van der Waals surface area (Å²) in [4.78, 5) is 40.8. The molecule has 0 saturated carbocycles. The molecule has 4 aliphatic heterocycles. The van der Waals surface area contributed by atoms with Crippen molar-refractivity contribution in [2.24, 2.45) is 0 Å². The summed E-state index contributed by atoms with van der Waals surface area (Å²) < 4.78 is 0. The molecule has 5 rings (SSSR count). The van der Waals surface area contributed by atoms with Gasteiger partial charge in [0.15, 0.2) is 0 Å². The maximum absolute atomic E-state index is 12.9. The Hall–Kier alpha value is -1.67. The van der Waals surface area contributed by atoms with Gasteiger partial charge in [-0.2, -0.15) is 0 Å². The smallest absolute Gasteiger partial charge is 0.255 e. The van der Waals surface area contributed by atoms with Gasteiger partial charge >= 0.3 is 0 Å². The lowest BCUT2D eigenvalue weighted by Gasteiger charge is -2.39. The standard InChI is InChI=1S/C23H30N4O3.2ClH/c28-21-4-3-20(22(29)25-21)27-14-17-13-16(1-2-19(17)23(27)30)15-7-11-26(12-8-15)18-5-9-24-10-6-18;;/h1-2,13,15,18,20,24H,3-12,14H2,(H,25,28,29);2*1H. The summed E-state index contributed by atoms with van der Waals surface area (Å²) in [6.45, 7) is 5.02. The molecule has 0 aliphatic carbocycles. The van der Waals surface area contributed by atoms with Crippen LogP contribution >= 0.6 is 24.8 Å². The summed E-state index contributed by atoms with van der Waals surface area (Å²) in [5.41, 5.74) is 3.04. The van der Waals surface area contributed by atoms with Crippen LogP contribution in [0.15, 0.2) is 18.2 Å². The SMILES string of the molecule is Cl.Cl.O=C1CCC(N2Cc3cc(C4CCN(C5CCNCC5)CC4)ccc3C2=O)C(=O)N1. The Morgan fingerprint density at radius 1 is 0.906 bits per heavy atom. The second-order valence-electron chi connectivity index (χ2n) is 9.11.